The summed E-state index contributed by atoms with van der Waals surface area (Å²) in [6.45, 7) is 0. The fourth-order valence-corrected chi connectivity index (χ4v) is 2.53. The Labute approximate surface area is 80.6 Å². The van der Waals surface area contributed by atoms with E-state index in [9.17, 15) is 9.90 Å². The molecule has 1 aliphatic heterocycles. The zero-order valence-electron chi connectivity index (χ0n) is 7.30. The van der Waals surface area contributed by atoms with Crippen LogP contribution in [0.25, 0.3) is 0 Å². The molecule has 2 unspecified atom stereocenters. The molecule has 0 saturated carbocycles. The van der Waals surface area contributed by atoms with Crippen LogP contribution in [0.5, 0.6) is 0 Å². The van der Waals surface area contributed by atoms with Gasteiger partial charge in [0.1, 0.15) is 6.10 Å². The number of likely N-dealkylation sites (tertiary alicyclic amines) is 1. The summed E-state index contributed by atoms with van der Waals surface area (Å²) in [7, 11) is 1.74. The van der Waals surface area contributed by atoms with Crippen LogP contribution in [0.4, 0.5) is 0 Å². The van der Waals surface area contributed by atoms with E-state index in [1.165, 1.54) is 0 Å². The van der Waals surface area contributed by atoms with Crippen LogP contribution in [0.2, 0.25) is 0 Å². The largest absolute Gasteiger partial charge is 0.383 e. The van der Waals surface area contributed by atoms with Crippen LogP contribution in [-0.4, -0.2) is 29.1 Å². The van der Waals surface area contributed by atoms with Gasteiger partial charge in [0.15, 0.2) is 0 Å². The minimum absolute atomic E-state index is 0.0718. The van der Waals surface area contributed by atoms with E-state index in [2.05, 4.69) is 0 Å². The van der Waals surface area contributed by atoms with Gasteiger partial charge in [-0.3, -0.25) is 4.79 Å². The minimum Gasteiger partial charge on any atom is -0.383 e. The first-order valence-electron chi connectivity index (χ1n) is 4.18. The fourth-order valence-electron chi connectivity index (χ4n) is 1.65. The molecule has 2 rings (SSSR count). The molecular formula is C9H11NO2S. The maximum Gasteiger partial charge on any atom is 0.251 e. The number of hydrogen-bond acceptors (Lipinski definition) is 3. The number of carbonyl (C=O) groups excluding carboxylic acids is 1. The summed E-state index contributed by atoms with van der Waals surface area (Å²) in [5.41, 5.74) is 0. The molecule has 0 spiro atoms. The maximum absolute atomic E-state index is 11.3. The molecule has 1 aliphatic rings. The summed E-state index contributed by atoms with van der Waals surface area (Å²) in [6.07, 6.45) is -0.285. The predicted octanol–water partition coefficient (Wildman–Crippen LogP) is 1.01. The van der Waals surface area contributed by atoms with E-state index in [1.807, 2.05) is 17.5 Å². The van der Waals surface area contributed by atoms with E-state index < -0.39 is 6.10 Å². The molecule has 0 aromatic carbocycles. The smallest absolute Gasteiger partial charge is 0.251 e. The van der Waals surface area contributed by atoms with Crippen LogP contribution < -0.4 is 0 Å². The van der Waals surface area contributed by atoms with Crippen molar-refractivity contribution in [2.45, 2.75) is 18.6 Å². The van der Waals surface area contributed by atoms with Crippen molar-refractivity contribution in [2.24, 2.45) is 0 Å². The topological polar surface area (TPSA) is 40.5 Å². The lowest BCUT2D eigenvalue weighted by atomic mass is 10.1. The average Bonchev–Trinajstić information content (AvgIpc) is 2.70. The molecule has 0 radical (unpaired) electrons. The SMILES string of the molecule is CN1C(=O)C(O)CC1c1cccs1. The molecule has 4 heteroatoms. The van der Waals surface area contributed by atoms with Gasteiger partial charge in [0.2, 0.25) is 0 Å². The summed E-state index contributed by atoms with van der Waals surface area (Å²) in [5, 5.41) is 11.3. The van der Waals surface area contributed by atoms with Crippen molar-refractivity contribution < 1.29 is 9.90 Å². The molecule has 13 heavy (non-hydrogen) atoms. The Morgan fingerprint density at radius 2 is 2.46 bits per heavy atom. The van der Waals surface area contributed by atoms with E-state index in [4.69, 9.17) is 0 Å². The fraction of sp³-hybridized carbons (Fsp3) is 0.444. The number of rotatable bonds is 1. The molecule has 1 amide bonds. The number of likely N-dealkylation sites (N-methyl/N-ethyl adjacent to an activating group) is 1. The van der Waals surface area contributed by atoms with Crippen molar-refractivity contribution in [1.29, 1.82) is 0 Å². The van der Waals surface area contributed by atoms with Crippen molar-refractivity contribution in [2.75, 3.05) is 7.05 Å². The van der Waals surface area contributed by atoms with Gasteiger partial charge in [-0.25, -0.2) is 0 Å². The van der Waals surface area contributed by atoms with Gasteiger partial charge in [0, 0.05) is 18.3 Å². The predicted molar refractivity (Wildman–Crippen MR) is 50.5 cm³/mol. The first-order valence-corrected chi connectivity index (χ1v) is 5.06. The van der Waals surface area contributed by atoms with Crippen molar-refractivity contribution in [3.8, 4) is 0 Å². The molecule has 1 fully saturated rings. The Morgan fingerprint density at radius 3 is 2.92 bits per heavy atom. The minimum atomic E-state index is -0.808. The van der Waals surface area contributed by atoms with Gasteiger partial charge in [-0.2, -0.15) is 0 Å². The van der Waals surface area contributed by atoms with E-state index in [0.29, 0.717) is 6.42 Å². The molecule has 1 aromatic rings. The van der Waals surface area contributed by atoms with Crippen molar-refractivity contribution in [3.05, 3.63) is 22.4 Å². The molecule has 3 nitrogen and oxygen atoms in total. The van der Waals surface area contributed by atoms with Crippen LogP contribution >= 0.6 is 11.3 Å². The molecule has 1 aromatic heterocycles. The summed E-state index contributed by atoms with van der Waals surface area (Å²) >= 11 is 1.62. The van der Waals surface area contributed by atoms with Gasteiger partial charge in [-0.15, -0.1) is 11.3 Å². The second kappa shape index (κ2) is 3.12. The molecule has 2 heterocycles. The first-order chi connectivity index (χ1) is 6.20. The van der Waals surface area contributed by atoms with E-state index in [-0.39, 0.29) is 11.9 Å². The number of thiophene rings is 1. The van der Waals surface area contributed by atoms with Gasteiger partial charge in [0.25, 0.3) is 5.91 Å². The molecule has 1 saturated heterocycles. The zero-order valence-corrected chi connectivity index (χ0v) is 8.12. The summed E-state index contributed by atoms with van der Waals surface area (Å²) < 4.78 is 0. The number of amides is 1. The zero-order chi connectivity index (χ0) is 9.42. The standard InChI is InChI=1S/C9H11NO2S/c1-10-6(5-7(11)9(10)12)8-3-2-4-13-8/h2-4,6-7,11H,5H2,1H3. The van der Waals surface area contributed by atoms with Gasteiger partial charge in [-0.05, 0) is 11.4 Å². The molecule has 1 N–H and O–H groups in total. The van der Waals surface area contributed by atoms with Crippen molar-refractivity contribution in [1.82, 2.24) is 4.90 Å². The van der Waals surface area contributed by atoms with E-state index in [1.54, 1.807) is 23.3 Å². The third-order valence-corrected chi connectivity index (χ3v) is 3.39. The van der Waals surface area contributed by atoms with Crippen LogP contribution in [-0.2, 0) is 4.79 Å². The highest BCUT2D eigenvalue weighted by atomic mass is 32.1. The Morgan fingerprint density at radius 1 is 1.69 bits per heavy atom. The first kappa shape index (κ1) is 8.72. The molecule has 70 valence electrons. The number of nitrogens with zero attached hydrogens (tertiary/aromatic N) is 1. The molecular weight excluding hydrogens is 186 g/mol. The molecule has 0 bridgehead atoms. The van der Waals surface area contributed by atoms with Crippen LogP contribution in [0, 0.1) is 0 Å². The summed E-state index contributed by atoms with van der Waals surface area (Å²) in [5.74, 6) is -0.168. The Kier molecular flexibility index (Phi) is 2.09. The second-order valence-corrected chi connectivity index (χ2v) is 4.21. The number of hydrogen-bond donors (Lipinski definition) is 1. The van der Waals surface area contributed by atoms with Crippen LogP contribution in [0.15, 0.2) is 17.5 Å². The number of aliphatic hydroxyl groups is 1. The molecule has 2 atom stereocenters. The van der Waals surface area contributed by atoms with Crippen molar-refractivity contribution >= 4 is 17.2 Å². The average molecular weight is 197 g/mol. The Hall–Kier alpha value is -0.870. The second-order valence-electron chi connectivity index (χ2n) is 3.23. The highest BCUT2D eigenvalue weighted by molar-refractivity contribution is 7.10. The third-order valence-electron chi connectivity index (χ3n) is 2.42. The lowest BCUT2D eigenvalue weighted by molar-refractivity contribution is -0.134. The lowest BCUT2D eigenvalue weighted by Gasteiger charge is -2.17. The lowest BCUT2D eigenvalue weighted by Crippen LogP contribution is -2.26. The monoisotopic (exact) mass is 197 g/mol. The molecule has 0 aliphatic carbocycles. The quantitative estimate of drug-likeness (QED) is 0.730. The Bertz CT molecular complexity index is 309. The maximum atomic E-state index is 11.3. The van der Waals surface area contributed by atoms with Crippen molar-refractivity contribution in [3.63, 3.8) is 0 Å². The number of aliphatic hydroxyl groups excluding tert-OH is 1. The Balaban J connectivity index is 2.23. The van der Waals surface area contributed by atoms with Gasteiger partial charge in [-0.1, -0.05) is 6.07 Å². The van der Waals surface area contributed by atoms with Gasteiger partial charge < -0.3 is 10.0 Å². The third kappa shape index (κ3) is 1.36. The number of carbonyl (C=O) groups is 1. The van der Waals surface area contributed by atoms with Crippen LogP contribution in [0.1, 0.15) is 17.3 Å². The summed E-state index contributed by atoms with van der Waals surface area (Å²) in [6, 6.07) is 4.03. The van der Waals surface area contributed by atoms with Gasteiger partial charge >= 0.3 is 0 Å². The normalized spacial score (nSPS) is 28.5. The van der Waals surface area contributed by atoms with E-state index in [0.717, 1.165) is 4.88 Å². The van der Waals surface area contributed by atoms with E-state index >= 15 is 0 Å². The highest BCUT2D eigenvalue weighted by Crippen LogP contribution is 2.33. The van der Waals surface area contributed by atoms with Crippen LogP contribution in [0.3, 0.4) is 0 Å². The summed E-state index contributed by atoms with van der Waals surface area (Å²) in [4.78, 5) is 14.1. The van der Waals surface area contributed by atoms with Gasteiger partial charge in [0.05, 0.1) is 6.04 Å². The highest BCUT2D eigenvalue weighted by Gasteiger charge is 2.36.